The third kappa shape index (κ3) is 3.67. The van der Waals surface area contributed by atoms with E-state index < -0.39 is 52.9 Å². The van der Waals surface area contributed by atoms with Gasteiger partial charge in [-0.05, 0) is 63.4 Å². The molecule has 2 aromatic carbocycles. The number of halogens is 2. The number of carbonyl (C=O) groups excluding carboxylic acids is 3. The van der Waals surface area contributed by atoms with Gasteiger partial charge in [-0.15, -0.1) is 0 Å². The Morgan fingerprint density at radius 2 is 1.61 bits per heavy atom. The fraction of sp³-hybridized carbons (Fsp3) is 0.360. The Morgan fingerprint density at radius 1 is 1.06 bits per heavy atom. The molecule has 2 aromatic rings. The van der Waals surface area contributed by atoms with Gasteiger partial charge in [0.15, 0.2) is 0 Å². The maximum absolute atomic E-state index is 14.0. The van der Waals surface area contributed by atoms with Gasteiger partial charge in [-0.3, -0.25) is 19.3 Å². The van der Waals surface area contributed by atoms with Crippen molar-refractivity contribution in [2.24, 2.45) is 5.41 Å². The number of imide groups is 1. The zero-order chi connectivity index (χ0) is 24.1. The molecule has 3 atom stereocenters. The van der Waals surface area contributed by atoms with Crippen molar-refractivity contribution in [2.75, 3.05) is 0 Å². The van der Waals surface area contributed by atoms with Crippen LogP contribution >= 0.6 is 0 Å². The van der Waals surface area contributed by atoms with Gasteiger partial charge in [-0.25, -0.2) is 8.78 Å². The van der Waals surface area contributed by atoms with Crippen LogP contribution in [0.25, 0.3) is 0 Å². The first-order valence-corrected chi connectivity index (χ1v) is 10.7. The average molecular weight is 451 g/mol. The minimum absolute atomic E-state index is 0.223. The molecule has 6 nitrogen and oxygen atoms in total. The number of likely N-dealkylation sites (tertiary alicyclic amines) is 1. The van der Waals surface area contributed by atoms with Gasteiger partial charge in [-0.1, -0.05) is 12.1 Å². The van der Waals surface area contributed by atoms with Crippen molar-refractivity contribution in [2.45, 2.75) is 51.7 Å². The molecule has 1 fully saturated rings. The normalized spacial score (nSPS) is 21.2. The van der Waals surface area contributed by atoms with Gasteiger partial charge in [0.1, 0.15) is 17.7 Å². The van der Waals surface area contributed by atoms with Gasteiger partial charge in [0.05, 0.1) is 34.7 Å². The Labute approximate surface area is 190 Å². The predicted molar refractivity (Wildman–Crippen MR) is 115 cm³/mol. The van der Waals surface area contributed by atoms with Crippen LogP contribution in [0.5, 0.6) is 0 Å². The number of carbonyl (C=O) groups is 3. The van der Waals surface area contributed by atoms with Crippen LogP contribution in [0.15, 0.2) is 42.5 Å². The van der Waals surface area contributed by atoms with E-state index in [9.17, 15) is 28.4 Å². The molecular weight excluding hydrogens is 428 g/mol. The SMILES string of the molecule is CC(C(=O)N1[C@H](c2cc(F)cc(F)c2)CC[C@@H]1C(C)(C)C#N)N1C(=O)c2ccccc2C1=O. The van der Waals surface area contributed by atoms with E-state index in [4.69, 9.17) is 0 Å². The Hall–Kier alpha value is -3.60. The molecule has 0 spiro atoms. The van der Waals surface area contributed by atoms with Crippen molar-refractivity contribution >= 4 is 17.7 Å². The summed E-state index contributed by atoms with van der Waals surface area (Å²) in [7, 11) is 0. The fourth-order valence-corrected chi connectivity index (χ4v) is 4.88. The lowest BCUT2D eigenvalue weighted by molar-refractivity contribution is -0.139. The molecule has 2 aliphatic rings. The predicted octanol–water partition coefficient (Wildman–Crippen LogP) is 4.23. The number of hydrogen-bond donors (Lipinski definition) is 0. The van der Waals surface area contributed by atoms with E-state index in [0.717, 1.165) is 11.0 Å². The topological polar surface area (TPSA) is 81.5 Å². The number of rotatable bonds is 4. The highest BCUT2D eigenvalue weighted by molar-refractivity contribution is 6.22. The second kappa shape index (κ2) is 8.07. The minimum Gasteiger partial charge on any atom is -0.329 e. The molecular formula is C25H23F2N3O3. The highest BCUT2D eigenvalue weighted by Crippen LogP contribution is 2.44. The lowest BCUT2D eigenvalue weighted by atomic mass is 9.84. The van der Waals surface area contributed by atoms with Gasteiger partial charge in [0.2, 0.25) is 5.91 Å². The standard InChI is InChI=1S/C25H23F2N3O3/c1-14(29-23(32)18-6-4-5-7-19(18)24(29)33)22(31)30-20(8-9-21(30)25(2,3)13-28)15-10-16(26)12-17(27)11-15/h4-7,10-12,14,20-21H,8-9H2,1-3H3/t14?,20-,21+/m0/s1. The van der Waals surface area contributed by atoms with E-state index in [1.54, 1.807) is 26.0 Å². The summed E-state index contributed by atoms with van der Waals surface area (Å²) in [5.74, 6) is -3.23. The van der Waals surface area contributed by atoms with Crippen molar-refractivity contribution in [3.8, 4) is 6.07 Å². The van der Waals surface area contributed by atoms with Crippen molar-refractivity contribution < 1.29 is 23.2 Å². The van der Waals surface area contributed by atoms with Crippen molar-refractivity contribution in [3.05, 3.63) is 70.8 Å². The molecule has 0 aliphatic carbocycles. The summed E-state index contributed by atoms with van der Waals surface area (Å²) >= 11 is 0. The average Bonchev–Trinajstić information content (AvgIpc) is 3.33. The van der Waals surface area contributed by atoms with Crippen LogP contribution in [0.4, 0.5) is 8.78 Å². The largest absolute Gasteiger partial charge is 0.329 e. The molecule has 1 saturated heterocycles. The second-order valence-electron chi connectivity index (χ2n) is 9.09. The maximum atomic E-state index is 14.0. The number of nitrogens with zero attached hydrogens (tertiary/aromatic N) is 3. The lowest BCUT2D eigenvalue weighted by Crippen LogP contribution is -2.53. The van der Waals surface area contributed by atoms with Crippen LogP contribution in [-0.4, -0.2) is 39.6 Å². The Balaban J connectivity index is 1.73. The summed E-state index contributed by atoms with van der Waals surface area (Å²) in [4.78, 5) is 42.0. The van der Waals surface area contributed by atoms with Crippen LogP contribution in [0.3, 0.4) is 0 Å². The van der Waals surface area contributed by atoms with E-state index in [-0.39, 0.29) is 16.7 Å². The van der Waals surface area contributed by atoms with Crippen LogP contribution in [0.2, 0.25) is 0 Å². The molecule has 2 aliphatic heterocycles. The molecule has 0 aromatic heterocycles. The fourth-order valence-electron chi connectivity index (χ4n) is 4.88. The lowest BCUT2D eigenvalue weighted by Gasteiger charge is -2.39. The van der Waals surface area contributed by atoms with Crippen molar-refractivity contribution in [3.63, 3.8) is 0 Å². The van der Waals surface area contributed by atoms with Crippen LogP contribution < -0.4 is 0 Å². The summed E-state index contributed by atoms with van der Waals surface area (Å²) in [6.07, 6.45) is 0.823. The first-order valence-electron chi connectivity index (χ1n) is 10.7. The third-order valence-electron chi connectivity index (χ3n) is 6.60. The minimum atomic E-state index is -1.16. The zero-order valence-corrected chi connectivity index (χ0v) is 18.5. The summed E-state index contributed by atoms with van der Waals surface area (Å²) in [5.41, 5.74) is -0.244. The van der Waals surface area contributed by atoms with Crippen LogP contribution in [0, 0.1) is 28.4 Å². The van der Waals surface area contributed by atoms with Crippen molar-refractivity contribution in [1.29, 1.82) is 5.26 Å². The molecule has 0 saturated carbocycles. The van der Waals surface area contributed by atoms with E-state index in [2.05, 4.69) is 6.07 Å². The van der Waals surface area contributed by atoms with Crippen molar-refractivity contribution in [1.82, 2.24) is 9.80 Å². The Bertz CT molecular complexity index is 1150. The van der Waals surface area contributed by atoms with Gasteiger partial charge >= 0.3 is 0 Å². The second-order valence-corrected chi connectivity index (χ2v) is 9.09. The molecule has 0 radical (unpaired) electrons. The Morgan fingerprint density at radius 3 is 2.12 bits per heavy atom. The molecule has 3 amide bonds. The summed E-state index contributed by atoms with van der Waals surface area (Å²) < 4.78 is 27.9. The summed E-state index contributed by atoms with van der Waals surface area (Å²) in [5, 5.41) is 9.73. The van der Waals surface area contributed by atoms with Crippen LogP contribution in [-0.2, 0) is 4.79 Å². The molecule has 8 heteroatoms. The highest BCUT2D eigenvalue weighted by Gasteiger charge is 2.49. The Kier molecular flexibility index (Phi) is 5.52. The summed E-state index contributed by atoms with van der Waals surface area (Å²) in [6, 6.07) is 9.22. The smallest absolute Gasteiger partial charge is 0.262 e. The first kappa shape index (κ1) is 22.6. The number of nitriles is 1. The van der Waals surface area contributed by atoms with Crippen LogP contribution in [0.1, 0.15) is 65.9 Å². The monoisotopic (exact) mass is 451 g/mol. The summed E-state index contributed by atoms with van der Waals surface area (Å²) in [6.45, 7) is 4.85. The van der Waals surface area contributed by atoms with Gasteiger partial charge in [0, 0.05) is 6.07 Å². The van der Waals surface area contributed by atoms with E-state index in [1.165, 1.54) is 36.1 Å². The maximum Gasteiger partial charge on any atom is 0.262 e. The molecule has 170 valence electrons. The van der Waals surface area contributed by atoms with E-state index >= 15 is 0 Å². The molecule has 0 N–H and O–H groups in total. The van der Waals surface area contributed by atoms with Gasteiger partial charge < -0.3 is 4.90 Å². The third-order valence-corrected chi connectivity index (χ3v) is 6.60. The number of hydrogen-bond acceptors (Lipinski definition) is 4. The number of benzene rings is 2. The number of amides is 3. The molecule has 2 heterocycles. The zero-order valence-electron chi connectivity index (χ0n) is 18.5. The van der Waals surface area contributed by atoms with Gasteiger partial charge in [0.25, 0.3) is 11.8 Å². The van der Waals surface area contributed by atoms with Gasteiger partial charge in [-0.2, -0.15) is 5.26 Å². The van der Waals surface area contributed by atoms with E-state index in [0.29, 0.717) is 12.8 Å². The van der Waals surface area contributed by atoms with E-state index in [1.807, 2.05) is 0 Å². The molecule has 4 rings (SSSR count). The number of fused-ring (bicyclic) bond motifs is 1. The molecule has 1 unspecified atom stereocenters. The quantitative estimate of drug-likeness (QED) is 0.652. The molecule has 0 bridgehead atoms. The highest BCUT2D eigenvalue weighted by atomic mass is 19.1. The molecule has 33 heavy (non-hydrogen) atoms. The first-order chi connectivity index (χ1) is 15.6.